The molecule has 0 spiro atoms. The predicted molar refractivity (Wildman–Crippen MR) is 152 cm³/mol. The van der Waals surface area contributed by atoms with Gasteiger partial charge in [0.2, 0.25) is 11.8 Å². The molecule has 8 nitrogen and oxygen atoms in total. The minimum Gasteiger partial charge on any atom is -0.497 e. The third kappa shape index (κ3) is 7.14. The number of ether oxygens (including phenoxy) is 1. The van der Waals surface area contributed by atoms with E-state index in [4.69, 9.17) is 4.74 Å². The van der Waals surface area contributed by atoms with Gasteiger partial charge in [0.05, 0.1) is 17.7 Å². The van der Waals surface area contributed by atoms with E-state index >= 15 is 0 Å². The second kappa shape index (κ2) is 12.9. The van der Waals surface area contributed by atoms with E-state index in [0.29, 0.717) is 18.0 Å². The Kier molecular flexibility index (Phi) is 9.93. The molecule has 202 valence electrons. The normalized spacial score (nSPS) is 11.9. The minimum atomic E-state index is -4.10. The van der Waals surface area contributed by atoms with E-state index in [2.05, 4.69) is 21.2 Å². The zero-order valence-corrected chi connectivity index (χ0v) is 24.3. The van der Waals surface area contributed by atoms with E-state index in [0.717, 1.165) is 19.9 Å². The summed E-state index contributed by atoms with van der Waals surface area (Å²) in [7, 11) is -2.53. The molecule has 2 amide bonds. The molecule has 3 aromatic rings. The van der Waals surface area contributed by atoms with E-state index in [1.807, 2.05) is 6.92 Å². The molecule has 38 heavy (non-hydrogen) atoms. The quantitative estimate of drug-likeness (QED) is 0.349. The van der Waals surface area contributed by atoms with Gasteiger partial charge in [0.1, 0.15) is 18.3 Å². The Hall–Kier alpha value is -3.37. The summed E-state index contributed by atoms with van der Waals surface area (Å²) in [5.41, 5.74) is 2.01. The number of carbonyl (C=O) groups is 2. The van der Waals surface area contributed by atoms with Gasteiger partial charge in [-0.3, -0.25) is 13.9 Å². The number of benzene rings is 3. The number of hydrogen-bond donors (Lipinski definition) is 1. The first-order valence-electron chi connectivity index (χ1n) is 12.1. The lowest BCUT2D eigenvalue weighted by atomic mass is 10.1. The van der Waals surface area contributed by atoms with Gasteiger partial charge in [-0.1, -0.05) is 45.8 Å². The average molecular weight is 603 g/mol. The number of anilines is 1. The van der Waals surface area contributed by atoms with Crippen molar-refractivity contribution in [3.8, 4) is 5.75 Å². The summed E-state index contributed by atoms with van der Waals surface area (Å²) in [6.07, 6.45) is 0. The fourth-order valence-corrected chi connectivity index (χ4v) is 5.48. The summed E-state index contributed by atoms with van der Waals surface area (Å²) >= 11 is 3.37. The highest BCUT2D eigenvalue weighted by Crippen LogP contribution is 2.26. The number of nitrogens with one attached hydrogen (secondary N) is 1. The maximum Gasteiger partial charge on any atom is 0.264 e. The highest BCUT2D eigenvalue weighted by atomic mass is 79.9. The molecule has 10 heteroatoms. The van der Waals surface area contributed by atoms with Crippen molar-refractivity contribution in [1.82, 2.24) is 10.2 Å². The molecule has 3 aromatic carbocycles. The zero-order valence-electron chi connectivity index (χ0n) is 21.8. The number of hydrogen-bond acceptors (Lipinski definition) is 5. The van der Waals surface area contributed by atoms with Gasteiger partial charge in [-0.15, -0.1) is 0 Å². The van der Waals surface area contributed by atoms with Crippen LogP contribution in [0.5, 0.6) is 5.75 Å². The van der Waals surface area contributed by atoms with Gasteiger partial charge in [0.25, 0.3) is 10.0 Å². The maximum atomic E-state index is 13.8. The standard InChI is InChI=1S/C28H32BrN3O5S/c1-5-30-28(34)21(3)31(18-22-8-14-25(37-4)15-9-22)27(33)19-32(24-12-10-23(29)11-13-24)38(35,36)26-16-6-20(2)7-17-26/h6-17,21H,5,18-19H2,1-4H3,(H,30,34)/t21-/m0/s1. The van der Waals surface area contributed by atoms with Crippen LogP contribution in [0.25, 0.3) is 0 Å². The first kappa shape index (κ1) is 29.2. The van der Waals surface area contributed by atoms with Crippen molar-refractivity contribution in [3.63, 3.8) is 0 Å². The highest BCUT2D eigenvalue weighted by molar-refractivity contribution is 9.10. The molecule has 0 unspecified atom stereocenters. The van der Waals surface area contributed by atoms with Crippen molar-refractivity contribution in [1.29, 1.82) is 0 Å². The number of likely N-dealkylation sites (N-methyl/N-ethyl adjacent to an activating group) is 1. The van der Waals surface area contributed by atoms with Crippen LogP contribution < -0.4 is 14.4 Å². The van der Waals surface area contributed by atoms with E-state index in [1.54, 1.807) is 81.6 Å². The molecule has 0 aliphatic rings. The molecular formula is C28H32BrN3O5S. The molecule has 0 saturated heterocycles. The molecule has 0 aliphatic heterocycles. The summed E-state index contributed by atoms with van der Waals surface area (Å²) in [5, 5.41) is 2.75. The van der Waals surface area contributed by atoms with Crippen LogP contribution in [0, 0.1) is 6.92 Å². The Bertz CT molecular complexity index is 1340. The molecule has 0 aliphatic carbocycles. The predicted octanol–water partition coefficient (Wildman–Crippen LogP) is 4.51. The second-order valence-electron chi connectivity index (χ2n) is 8.74. The lowest BCUT2D eigenvalue weighted by Crippen LogP contribution is -2.51. The van der Waals surface area contributed by atoms with Gasteiger partial charge in [0, 0.05) is 17.6 Å². The van der Waals surface area contributed by atoms with Crippen LogP contribution >= 0.6 is 15.9 Å². The summed E-state index contributed by atoms with van der Waals surface area (Å²) in [5.74, 6) is -0.182. The smallest absolute Gasteiger partial charge is 0.264 e. The molecule has 0 radical (unpaired) electrons. The van der Waals surface area contributed by atoms with Crippen LogP contribution in [0.4, 0.5) is 5.69 Å². The van der Waals surface area contributed by atoms with E-state index < -0.39 is 28.5 Å². The number of carbonyl (C=O) groups excluding carboxylic acids is 2. The summed E-state index contributed by atoms with van der Waals surface area (Å²) in [6, 6.07) is 19.5. The van der Waals surface area contributed by atoms with Gasteiger partial charge in [-0.2, -0.15) is 0 Å². The monoisotopic (exact) mass is 601 g/mol. The zero-order chi connectivity index (χ0) is 27.9. The van der Waals surface area contributed by atoms with Gasteiger partial charge in [-0.05, 0) is 74.9 Å². The fourth-order valence-electron chi connectivity index (χ4n) is 3.81. The van der Waals surface area contributed by atoms with Crippen LogP contribution in [0.1, 0.15) is 25.0 Å². The van der Waals surface area contributed by atoms with Crippen molar-refractivity contribution >= 4 is 43.5 Å². The molecule has 0 saturated carbocycles. The number of rotatable bonds is 11. The van der Waals surface area contributed by atoms with Crippen molar-refractivity contribution in [2.45, 2.75) is 38.3 Å². The third-order valence-corrected chi connectivity index (χ3v) is 8.35. The average Bonchev–Trinajstić information content (AvgIpc) is 2.91. The Balaban J connectivity index is 2.01. The van der Waals surface area contributed by atoms with Crippen molar-refractivity contribution in [2.24, 2.45) is 0 Å². The van der Waals surface area contributed by atoms with Gasteiger partial charge < -0.3 is 15.0 Å². The number of methoxy groups -OCH3 is 1. The number of halogens is 1. The Labute approximate surface area is 232 Å². The van der Waals surface area contributed by atoms with E-state index in [-0.39, 0.29) is 17.3 Å². The maximum absolute atomic E-state index is 13.8. The lowest BCUT2D eigenvalue weighted by molar-refractivity contribution is -0.139. The van der Waals surface area contributed by atoms with Crippen LogP contribution in [0.15, 0.2) is 82.2 Å². The second-order valence-corrected chi connectivity index (χ2v) is 11.5. The van der Waals surface area contributed by atoms with E-state index in [1.165, 1.54) is 17.0 Å². The van der Waals surface area contributed by atoms with Gasteiger partial charge in [0.15, 0.2) is 0 Å². The lowest BCUT2D eigenvalue weighted by Gasteiger charge is -2.32. The Morgan fingerprint density at radius 2 is 1.58 bits per heavy atom. The van der Waals surface area contributed by atoms with Gasteiger partial charge >= 0.3 is 0 Å². The molecular weight excluding hydrogens is 570 g/mol. The van der Waals surface area contributed by atoms with E-state index in [9.17, 15) is 18.0 Å². The van der Waals surface area contributed by atoms with Crippen molar-refractivity contribution < 1.29 is 22.7 Å². The first-order valence-corrected chi connectivity index (χ1v) is 14.3. The summed E-state index contributed by atoms with van der Waals surface area (Å²) < 4.78 is 34.6. The molecule has 0 heterocycles. The number of nitrogens with zero attached hydrogens (tertiary/aromatic N) is 2. The fraction of sp³-hybridized carbons (Fsp3) is 0.286. The van der Waals surface area contributed by atoms with Gasteiger partial charge in [-0.25, -0.2) is 8.42 Å². The van der Waals surface area contributed by atoms with Crippen LogP contribution in [-0.2, 0) is 26.2 Å². The minimum absolute atomic E-state index is 0.0669. The molecule has 0 aromatic heterocycles. The third-order valence-electron chi connectivity index (χ3n) is 6.03. The number of amides is 2. The summed E-state index contributed by atoms with van der Waals surface area (Å²) in [6.45, 7) is 5.32. The molecule has 0 bridgehead atoms. The largest absolute Gasteiger partial charge is 0.497 e. The van der Waals surface area contributed by atoms with Crippen LogP contribution in [-0.4, -0.2) is 51.4 Å². The highest BCUT2D eigenvalue weighted by Gasteiger charge is 2.32. The number of sulfonamides is 1. The molecule has 1 N–H and O–H groups in total. The topological polar surface area (TPSA) is 96.0 Å². The summed E-state index contributed by atoms with van der Waals surface area (Å²) in [4.78, 5) is 28.0. The van der Waals surface area contributed by atoms with Crippen molar-refractivity contribution in [2.75, 3.05) is 24.5 Å². The Morgan fingerprint density at radius 1 is 0.974 bits per heavy atom. The van der Waals surface area contributed by atoms with Crippen LogP contribution in [0.3, 0.4) is 0 Å². The van der Waals surface area contributed by atoms with Crippen molar-refractivity contribution in [3.05, 3.63) is 88.4 Å². The first-order chi connectivity index (χ1) is 18.1. The molecule has 1 atom stereocenters. The molecule has 0 fully saturated rings. The Morgan fingerprint density at radius 3 is 2.13 bits per heavy atom. The number of aryl methyl sites for hydroxylation is 1. The van der Waals surface area contributed by atoms with Crippen LogP contribution in [0.2, 0.25) is 0 Å². The SMILES string of the molecule is CCNC(=O)[C@H](C)N(Cc1ccc(OC)cc1)C(=O)CN(c1ccc(Br)cc1)S(=O)(=O)c1ccc(C)cc1. The molecule has 3 rings (SSSR count).